The van der Waals surface area contributed by atoms with Gasteiger partial charge in [0, 0.05) is 11.1 Å². The fourth-order valence-electron chi connectivity index (χ4n) is 3.91. The largest absolute Gasteiger partial charge is 0.306 e. The minimum atomic E-state index is -2.46. The van der Waals surface area contributed by atoms with Crippen molar-refractivity contribution in [1.29, 1.82) is 5.26 Å². The van der Waals surface area contributed by atoms with E-state index in [4.69, 9.17) is 5.26 Å². The van der Waals surface area contributed by atoms with Gasteiger partial charge in [-0.05, 0) is 64.9 Å². The van der Waals surface area contributed by atoms with E-state index in [-0.39, 0.29) is 35.1 Å². The molecule has 0 atom stereocenters. The van der Waals surface area contributed by atoms with Crippen LogP contribution < -0.4 is 0 Å². The van der Waals surface area contributed by atoms with E-state index in [2.05, 4.69) is 0 Å². The summed E-state index contributed by atoms with van der Waals surface area (Å²) in [5, 5.41) is 8.79. The first-order valence-corrected chi connectivity index (χ1v) is 11.0. The van der Waals surface area contributed by atoms with Crippen molar-refractivity contribution in [2.75, 3.05) is 0 Å². The molecule has 0 aliphatic carbocycles. The molecule has 0 spiro atoms. The molecule has 0 unspecified atom stereocenters. The van der Waals surface area contributed by atoms with Crippen LogP contribution in [0.2, 0.25) is 0 Å². The van der Waals surface area contributed by atoms with Crippen molar-refractivity contribution in [3.05, 3.63) is 124 Å². The van der Waals surface area contributed by atoms with Gasteiger partial charge in [-0.15, -0.1) is 0 Å². The van der Waals surface area contributed by atoms with Crippen LogP contribution >= 0.6 is 0 Å². The molecule has 0 radical (unpaired) electrons. The van der Waals surface area contributed by atoms with Crippen LogP contribution in [0.3, 0.4) is 0 Å². The van der Waals surface area contributed by atoms with Crippen molar-refractivity contribution in [2.45, 2.75) is 12.8 Å². The second kappa shape index (κ2) is 10.7. The molecule has 186 valence electrons. The Morgan fingerprint density at radius 3 is 1.51 bits per heavy atom. The number of aryl methyl sites for hydroxylation is 1. The van der Waals surface area contributed by atoms with Crippen LogP contribution in [-0.4, -0.2) is 0 Å². The van der Waals surface area contributed by atoms with Gasteiger partial charge in [0.25, 0.3) is 0 Å². The van der Waals surface area contributed by atoms with Gasteiger partial charge in [0.05, 0.1) is 0 Å². The number of hydrogen-bond donors (Lipinski definition) is 0. The summed E-state index contributed by atoms with van der Waals surface area (Å²) in [5.41, 5.74) is 0.819. The maximum atomic E-state index is 14.7. The van der Waals surface area contributed by atoms with Crippen LogP contribution in [0, 0.1) is 34.6 Å². The van der Waals surface area contributed by atoms with Gasteiger partial charge >= 0.3 is 6.08 Å². The standard InChI is InChI=1S/C29H16F7N/c30-24-11-20(18-6-8-19(9-7-18)28(34)29(35)36)12-25(31)22(24)10-3-16-1-4-17(5-2-16)21-13-26(32)23(15-37)27(33)14-21/h1-2,4-9,11-14H,3,10H2. The van der Waals surface area contributed by atoms with E-state index in [1.165, 1.54) is 18.2 Å². The maximum absolute atomic E-state index is 14.7. The molecule has 1 nitrogen and oxygen atoms in total. The molecule has 4 aromatic carbocycles. The van der Waals surface area contributed by atoms with Crippen LogP contribution in [-0.2, 0) is 12.8 Å². The van der Waals surface area contributed by atoms with Crippen LogP contribution in [0.25, 0.3) is 28.1 Å². The van der Waals surface area contributed by atoms with Crippen LogP contribution in [0.15, 0.2) is 78.9 Å². The van der Waals surface area contributed by atoms with Crippen molar-refractivity contribution in [3.63, 3.8) is 0 Å². The molecule has 0 heterocycles. The molecule has 0 aliphatic rings. The maximum Gasteiger partial charge on any atom is 0.306 e. The third-order valence-corrected chi connectivity index (χ3v) is 5.88. The van der Waals surface area contributed by atoms with Gasteiger partial charge in [-0.2, -0.15) is 14.0 Å². The Hall–Kier alpha value is -4.38. The summed E-state index contributed by atoms with van der Waals surface area (Å²) in [6, 6.07) is 17.2. The minimum absolute atomic E-state index is 0.0299. The van der Waals surface area contributed by atoms with Crippen molar-refractivity contribution in [2.24, 2.45) is 0 Å². The van der Waals surface area contributed by atoms with E-state index in [1.54, 1.807) is 24.3 Å². The first-order valence-electron chi connectivity index (χ1n) is 11.0. The topological polar surface area (TPSA) is 23.8 Å². The fourth-order valence-corrected chi connectivity index (χ4v) is 3.91. The minimum Gasteiger partial charge on any atom is -0.207 e. The van der Waals surface area contributed by atoms with Crippen molar-refractivity contribution in [3.8, 4) is 28.3 Å². The second-order valence-corrected chi connectivity index (χ2v) is 8.19. The van der Waals surface area contributed by atoms with Gasteiger partial charge in [-0.25, -0.2) is 22.0 Å². The molecule has 0 bridgehead atoms. The predicted molar refractivity (Wildman–Crippen MR) is 126 cm³/mol. The lowest BCUT2D eigenvalue weighted by Crippen LogP contribution is -2.00. The van der Waals surface area contributed by atoms with Crippen LogP contribution in [0.4, 0.5) is 30.7 Å². The van der Waals surface area contributed by atoms with Gasteiger partial charge in [-0.1, -0.05) is 48.5 Å². The molecule has 0 fully saturated rings. The van der Waals surface area contributed by atoms with Crippen molar-refractivity contribution in [1.82, 2.24) is 0 Å². The number of nitriles is 1. The number of hydrogen-bond acceptors (Lipinski definition) is 1. The summed E-state index contributed by atoms with van der Waals surface area (Å²) in [4.78, 5) is 0. The van der Waals surface area contributed by atoms with E-state index in [1.807, 2.05) is 0 Å². The Morgan fingerprint density at radius 2 is 1.05 bits per heavy atom. The average Bonchev–Trinajstić information content (AvgIpc) is 2.88. The predicted octanol–water partition coefficient (Wildman–Crippen LogP) is 8.77. The summed E-state index contributed by atoms with van der Waals surface area (Å²) in [6.45, 7) is 0. The Morgan fingerprint density at radius 1 is 0.595 bits per heavy atom. The molecule has 0 saturated heterocycles. The van der Waals surface area contributed by atoms with E-state index >= 15 is 0 Å². The number of rotatable bonds is 6. The monoisotopic (exact) mass is 511 g/mol. The normalized spacial score (nSPS) is 10.8. The highest BCUT2D eigenvalue weighted by Crippen LogP contribution is 2.29. The van der Waals surface area contributed by atoms with Gasteiger partial charge in [0.15, 0.2) is 5.83 Å². The van der Waals surface area contributed by atoms with Crippen LogP contribution in [0.1, 0.15) is 22.3 Å². The third kappa shape index (κ3) is 5.56. The molecule has 0 amide bonds. The first kappa shape index (κ1) is 25.7. The Kier molecular flexibility index (Phi) is 7.44. The highest BCUT2D eigenvalue weighted by atomic mass is 19.3. The zero-order valence-electron chi connectivity index (χ0n) is 18.9. The lowest BCUT2D eigenvalue weighted by Gasteiger charge is -2.10. The van der Waals surface area contributed by atoms with E-state index < -0.39 is 40.7 Å². The molecule has 4 aromatic rings. The first-order chi connectivity index (χ1) is 17.7. The average molecular weight is 511 g/mol. The molecule has 0 aromatic heterocycles. The highest BCUT2D eigenvalue weighted by Gasteiger charge is 2.15. The molecule has 4 rings (SSSR count). The molecule has 37 heavy (non-hydrogen) atoms. The summed E-state index contributed by atoms with van der Waals surface area (Å²) >= 11 is 0. The lowest BCUT2D eigenvalue weighted by molar-refractivity contribution is 0.410. The van der Waals surface area contributed by atoms with Crippen molar-refractivity contribution < 1.29 is 30.7 Å². The van der Waals surface area contributed by atoms with Crippen molar-refractivity contribution >= 4 is 5.83 Å². The number of benzene rings is 4. The van der Waals surface area contributed by atoms with Gasteiger partial charge in [-0.3, -0.25) is 0 Å². The fraction of sp³-hybridized carbons (Fsp3) is 0.0690. The SMILES string of the molecule is N#Cc1c(F)cc(-c2ccc(CCc3c(F)cc(-c4ccc(C(F)=C(F)F)cc4)cc3F)cc2)cc1F. The summed E-state index contributed by atoms with van der Waals surface area (Å²) in [7, 11) is 0. The summed E-state index contributed by atoms with van der Waals surface area (Å²) in [5.74, 6) is -5.18. The third-order valence-electron chi connectivity index (χ3n) is 5.88. The quantitative estimate of drug-likeness (QED) is 0.238. The second-order valence-electron chi connectivity index (χ2n) is 8.19. The Labute approximate surface area is 207 Å². The van der Waals surface area contributed by atoms with Gasteiger partial charge in [0.2, 0.25) is 0 Å². The number of nitrogens with zero attached hydrogens (tertiary/aromatic N) is 1. The highest BCUT2D eigenvalue weighted by molar-refractivity contribution is 5.68. The van der Waals surface area contributed by atoms with E-state index in [9.17, 15) is 30.7 Å². The number of halogens is 7. The lowest BCUT2D eigenvalue weighted by atomic mass is 9.97. The smallest absolute Gasteiger partial charge is 0.207 e. The van der Waals surface area contributed by atoms with E-state index in [0.717, 1.165) is 42.0 Å². The molecule has 0 N–H and O–H groups in total. The Balaban J connectivity index is 1.48. The molecular formula is C29H16F7N. The zero-order chi connectivity index (χ0) is 26.7. The van der Waals surface area contributed by atoms with Gasteiger partial charge < -0.3 is 0 Å². The summed E-state index contributed by atoms with van der Waals surface area (Å²) in [6.07, 6.45) is -2.15. The van der Waals surface area contributed by atoms with Crippen LogP contribution in [0.5, 0.6) is 0 Å². The molecular weight excluding hydrogens is 495 g/mol. The Bertz CT molecular complexity index is 1480. The molecule has 8 heteroatoms. The molecule has 0 saturated carbocycles. The van der Waals surface area contributed by atoms with E-state index in [0.29, 0.717) is 11.1 Å². The zero-order valence-corrected chi connectivity index (χ0v) is 18.9. The van der Waals surface area contributed by atoms with Gasteiger partial charge in [0.1, 0.15) is 34.9 Å². The molecule has 0 aliphatic heterocycles. The summed E-state index contributed by atoms with van der Waals surface area (Å²) < 4.78 is 95.4.